The Hall–Kier alpha value is -4.75. The number of aromatic nitrogens is 1. The molecule has 0 bridgehead atoms. The molecule has 3 aromatic rings. The van der Waals surface area contributed by atoms with Crippen LogP contribution in [0.5, 0.6) is 11.5 Å². The van der Waals surface area contributed by atoms with E-state index in [4.69, 9.17) is 9.47 Å². The molecule has 0 spiro atoms. The number of carbonyl (C=O) groups excluding carboxylic acids is 2. The van der Waals surface area contributed by atoms with E-state index in [2.05, 4.69) is 10.3 Å². The van der Waals surface area contributed by atoms with Gasteiger partial charge in [0.2, 0.25) is 5.76 Å². The molecule has 0 aliphatic carbocycles. The molecule has 2 aromatic carbocycles. The summed E-state index contributed by atoms with van der Waals surface area (Å²) in [6, 6.07) is 11.4. The number of non-ortho nitro benzene ring substituents is 1. The highest BCUT2D eigenvalue weighted by atomic mass is 16.6. The number of rotatable bonds is 6. The molecular formula is C25H19N3O6. The number of nitro groups is 1. The SMILES string of the molecule is Cc1ccc([N+](=O)[O-])cc1NC(=O)COc1ccc2c(c1C)OC(=C=O)C=C2c1cccnc1. The first-order valence-corrected chi connectivity index (χ1v) is 10.2. The van der Waals surface area contributed by atoms with Crippen LogP contribution in [0.2, 0.25) is 0 Å². The van der Waals surface area contributed by atoms with E-state index in [1.807, 2.05) is 6.07 Å². The zero-order valence-electron chi connectivity index (χ0n) is 18.3. The maximum absolute atomic E-state index is 12.4. The quantitative estimate of drug-likeness (QED) is 0.335. The van der Waals surface area contributed by atoms with Gasteiger partial charge in [0, 0.05) is 47.3 Å². The molecule has 0 atom stereocenters. The average molecular weight is 457 g/mol. The van der Waals surface area contributed by atoms with Crippen LogP contribution >= 0.6 is 0 Å². The number of fused-ring (bicyclic) bond motifs is 1. The third kappa shape index (κ3) is 4.55. The number of benzene rings is 2. The maximum Gasteiger partial charge on any atom is 0.271 e. The van der Waals surface area contributed by atoms with Gasteiger partial charge in [-0.15, -0.1) is 0 Å². The van der Waals surface area contributed by atoms with Crippen molar-refractivity contribution in [3.05, 3.63) is 99.1 Å². The van der Waals surface area contributed by atoms with Gasteiger partial charge in [0.1, 0.15) is 11.5 Å². The van der Waals surface area contributed by atoms with Gasteiger partial charge in [0.05, 0.1) is 10.6 Å². The van der Waals surface area contributed by atoms with Crippen molar-refractivity contribution in [1.82, 2.24) is 4.98 Å². The molecule has 0 radical (unpaired) electrons. The maximum atomic E-state index is 12.4. The molecule has 2 heterocycles. The highest BCUT2D eigenvalue weighted by molar-refractivity contribution is 5.93. The van der Waals surface area contributed by atoms with E-state index in [-0.39, 0.29) is 18.1 Å². The molecule has 170 valence electrons. The summed E-state index contributed by atoms with van der Waals surface area (Å²) in [4.78, 5) is 38.4. The standard InChI is InChI=1S/C25H19N3O6/c1-15-5-6-18(28(31)32)10-22(15)27-24(30)14-33-23-8-7-20-21(17-4-3-9-26-12-17)11-19(13-29)34-25(20)16(23)2/h3-12H,14H2,1-2H3,(H,27,30). The van der Waals surface area contributed by atoms with E-state index < -0.39 is 10.8 Å². The zero-order valence-corrected chi connectivity index (χ0v) is 18.3. The monoisotopic (exact) mass is 457 g/mol. The van der Waals surface area contributed by atoms with Crippen LogP contribution in [0.3, 0.4) is 0 Å². The number of hydrogen-bond donors (Lipinski definition) is 1. The van der Waals surface area contributed by atoms with E-state index >= 15 is 0 Å². The van der Waals surface area contributed by atoms with Gasteiger partial charge >= 0.3 is 0 Å². The lowest BCUT2D eigenvalue weighted by Crippen LogP contribution is -2.21. The lowest BCUT2D eigenvalue weighted by Gasteiger charge is -2.22. The number of aryl methyl sites for hydroxylation is 1. The van der Waals surface area contributed by atoms with Crippen molar-refractivity contribution in [2.24, 2.45) is 0 Å². The van der Waals surface area contributed by atoms with Crippen LogP contribution in [-0.2, 0) is 9.59 Å². The van der Waals surface area contributed by atoms with Crippen LogP contribution in [0.15, 0.2) is 66.7 Å². The van der Waals surface area contributed by atoms with E-state index in [0.29, 0.717) is 28.3 Å². The Bertz CT molecular complexity index is 1370. The van der Waals surface area contributed by atoms with Gasteiger partial charge < -0.3 is 14.8 Å². The van der Waals surface area contributed by atoms with Gasteiger partial charge in [-0.1, -0.05) is 12.1 Å². The normalized spacial score (nSPS) is 12.1. The highest BCUT2D eigenvalue weighted by Gasteiger charge is 2.23. The molecule has 9 heteroatoms. The first kappa shape index (κ1) is 22.4. The Labute approximate surface area is 194 Å². The summed E-state index contributed by atoms with van der Waals surface area (Å²) < 4.78 is 11.4. The van der Waals surface area contributed by atoms with Crippen LogP contribution in [0.25, 0.3) is 5.57 Å². The third-order valence-corrected chi connectivity index (χ3v) is 5.27. The van der Waals surface area contributed by atoms with Crippen LogP contribution < -0.4 is 14.8 Å². The number of carbonyl (C=O) groups is 1. The third-order valence-electron chi connectivity index (χ3n) is 5.27. The molecule has 1 aliphatic heterocycles. The molecule has 34 heavy (non-hydrogen) atoms. The van der Waals surface area contributed by atoms with Gasteiger partial charge in [-0.25, -0.2) is 4.79 Å². The largest absolute Gasteiger partial charge is 0.483 e. The average Bonchev–Trinajstić information content (AvgIpc) is 2.85. The minimum absolute atomic E-state index is 0.0190. The number of nitrogens with zero attached hydrogens (tertiary/aromatic N) is 2. The fraction of sp³-hybridized carbons (Fsp3) is 0.120. The van der Waals surface area contributed by atoms with Crippen molar-refractivity contribution in [3.8, 4) is 11.5 Å². The first-order chi connectivity index (χ1) is 16.4. The molecule has 0 saturated heterocycles. The van der Waals surface area contributed by atoms with Gasteiger partial charge in [-0.3, -0.25) is 19.9 Å². The van der Waals surface area contributed by atoms with E-state index in [1.165, 1.54) is 12.1 Å². The fourth-order valence-corrected chi connectivity index (χ4v) is 3.52. The Kier molecular flexibility index (Phi) is 6.20. The van der Waals surface area contributed by atoms with Crippen molar-refractivity contribution < 1.29 is 24.0 Å². The van der Waals surface area contributed by atoms with Gasteiger partial charge in [-0.05, 0) is 43.2 Å². The molecule has 1 amide bonds. The molecule has 4 rings (SSSR count). The van der Waals surface area contributed by atoms with E-state index in [1.54, 1.807) is 62.5 Å². The Morgan fingerprint density at radius 1 is 1.24 bits per heavy atom. The number of ether oxygens (including phenoxy) is 2. The molecule has 0 unspecified atom stereocenters. The van der Waals surface area contributed by atoms with Gasteiger partial charge in [0.25, 0.3) is 11.6 Å². The van der Waals surface area contributed by atoms with E-state index in [0.717, 1.165) is 16.7 Å². The second-order valence-electron chi connectivity index (χ2n) is 7.53. The van der Waals surface area contributed by atoms with Gasteiger partial charge in [0.15, 0.2) is 12.5 Å². The second-order valence-corrected chi connectivity index (χ2v) is 7.53. The lowest BCUT2D eigenvalue weighted by atomic mass is 9.94. The molecule has 1 aromatic heterocycles. The van der Waals surface area contributed by atoms with Gasteiger partial charge in [-0.2, -0.15) is 0 Å². The van der Waals surface area contributed by atoms with Crippen LogP contribution in [0.1, 0.15) is 22.3 Å². The topological polar surface area (TPSA) is 121 Å². The smallest absolute Gasteiger partial charge is 0.271 e. The summed E-state index contributed by atoms with van der Waals surface area (Å²) in [6.07, 6.45) is 4.94. The van der Waals surface area contributed by atoms with Crippen molar-refractivity contribution in [2.75, 3.05) is 11.9 Å². The number of amides is 1. The lowest BCUT2D eigenvalue weighted by molar-refractivity contribution is -0.384. The molecule has 1 N–H and O–H groups in total. The van der Waals surface area contributed by atoms with Crippen LogP contribution in [0.4, 0.5) is 11.4 Å². The molecule has 0 saturated carbocycles. The molecular weight excluding hydrogens is 438 g/mol. The number of allylic oxidation sites excluding steroid dienone is 1. The summed E-state index contributed by atoms with van der Waals surface area (Å²) in [5, 5.41) is 13.6. The number of anilines is 1. The first-order valence-electron chi connectivity index (χ1n) is 10.2. The number of pyridine rings is 1. The second kappa shape index (κ2) is 9.40. The van der Waals surface area contributed by atoms with Crippen molar-refractivity contribution >= 4 is 28.8 Å². The van der Waals surface area contributed by atoms with Crippen LogP contribution in [0, 0.1) is 24.0 Å². The van der Waals surface area contributed by atoms with Crippen molar-refractivity contribution in [3.63, 3.8) is 0 Å². The molecule has 1 aliphatic rings. The number of nitrogens with one attached hydrogen (secondary N) is 1. The number of nitro benzene ring substituents is 1. The summed E-state index contributed by atoms with van der Waals surface area (Å²) >= 11 is 0. The molecule has 0 fully saturated rings. The zero-order chi connectivity index (χ0) is 24.2. The molecule has 9 nitrogen and oxygen atoms in total. The fourth-order valence-electron chi connectivity index (χ4n) is 3.52. The Morgan fingerprint density at radius 2 is 2.06 bits per heavy atom. The summed E-state index contributed by atoms with van der Waals surface area (Å²) in [5.41, 5.74) is 3.79. The van der Waals surface area contributed by atoms with Crippen LogP contribution in [-0.4, -0.2) is 28.4 Å². The predicted molar refractivity (Wildman–Crippen MR) is 124 cm³/mol. The highest BCUT2D eigenvalue weighted by Crippen LogP contribution is 2.42. The Balaban J connectivity index is 1.55. The van der Waals surface area contributed by atoms with Crippen molar-refractivity contribution in [2.45, 2.75) is 13.8 Å². The predicted octanol–water partition coefficient (Wildman–Crippen LogP) is 4.16. The number of hydrogen-bond acceptors (Lipinski definition) is 7. The summed E-state index contributed by atoms with van der Waals surface area (Å²) in [5.74, 6) is 2.13. The minimum Gasteiger partial charge on any atom is -0.483 e. The minimum atomic E-state index is -0.529. The summed E-state index contributed by atoms with van der Waals surface area (Å²) in [6.45, 7) is 3.16. The van der Waals surface area contributed by atoms with Crippen molar-refractivity contribution in [1.29, 1.82) is 0 Å². The Morgan fingerprint density at radius 3 is 2.76 bits per heavy atom. The van der Waals surface area contributed by atoms with E-state index in [9.17, 15) is 19.7 Å². The summed E-state index contributed by atoms with van der Waals surface area (Å²) in [7, 11) is 0.